The molecule has 4 nitrogen and oxygen atoms in total. The summed E-state index contributed by atoms with van der Waals surface area (Å²) in [5, 5.41) is 0. The highest BCUT2D eigenvalue weighted by molar-refractivity contribution is 5.72. The molecule has 0 bridgehead atoms. The van der Waals surface area contributed by atoms with Gasteiger partial charge >= 0.3 is 6.03 Å². The zero-order chi connectivity index (χ0) is 19.8. The summed E-state index contributed by atoms with van der Waals surface area (Å²) < 4.78 is 74.1. The van der Waals surface area contributed by atoms with Crippen molar-refractivity contribution < 1.29 is 31.5 Å². The van der Waals surface area contributed by atoms with Gasteiger partial charge in [0, 0.05) is 25.9 Å². The first-order chi connectivity index (χ1) is 12.8. The van der Waals surface area contributed by atoms with Crippen LogP contribution in [0.2, 0.25) is 0 Å². The van der Waals surface area contributed by atoms with Gasteiger partial charge in [-0.2, -0.15) is 8.78 Å². The highest BCUT2D eigenvalue weighted by atomic mass is 19.2. The lowest BCUT2D eigenvalue weighted by Gasteiger charge is -2.41. The van der Waals surface area contributed by atoms with E-state index in [1.807, 2.05) is 0 Å². The van der Waals surface area contributed by atoms with E-state index in [9.17, 15) is 26.7 Å². The Morgan fingerprint density at radius 1 is 0.889 bits per heavy atom. The summed E-state index contributed by atoms with van der Waals surface area (Å²) in [6.45, 7) is 0.194. The topological polar surface area (TPSA) is 55.6 Å². The van der Waals surface area contributed by atoms with Crippen molar-refractivity contribution in [1.29, 1.82) is 0 Å². The second-order valence-corrected chi connectivity index (χ2v) is 6.19. The van der Waals surface area contributed by atoms with Crippen LogP contribution in [-0.2, 0) is 5.60 Å². The summed E-state index contributed by atoms with van der Waals surface area (Å²) in [6, 6.07) is 7.57. The zero-order valence-electron chi connectivity index (χ0n) is 13.9. The number of piperidine rings is 1. The van der Waals surface area contributed by atoms with Crippen LogP contribution in [0.1, 0.15) is 18.4 Å². The molecule has 1 aliphatic heterocycles. The van der Waals surface area contributed by atoms with Crippen molar-refractivity contribution in [1.82, 2.24) is 4.90 Å². The number of hydrogen-bond acceptors (Lipinski definition) is 2. The Morgan fingerprint density at radius 3 is 1.85 bits per heavy atom. The van der Waals surface area contributed by atoms with Crippen LogP contribution in [0.3, 0.4) is 0 Å². The number of carbonyl (C=O) groups is 1. The first kappa shape index (κ1) is 18.9. The highest BCUT2D eigenvalue weighted by Gasteiger charge is 2.42. The van der Waals surface area contributed by atoms with Gasteiger partial charge in [0.05, 0.1) is 0 Å². The van der Waals surface area contributed by atoms with E-state index in [4.69, 9.17) is 10.5 Å². The molecule has 2 aromatic carbocycles. The van der Waals surface area contributed by atoms with E-state index in [1.165, 1.54) is 4.90 Å². The lowest BCUT2D eigenvalue weighted by Crippen LogP contribution is -2.49. The van der Waals surface area contributed by atoms with Gasteiger partial charge in [-0.15, -0.1) is 0 Å². The molecule has 2 amide bonds. The van der Waals surface area contributed by atoms with Crippen molar-refractivity contribution >= 4 is 6.03 Å². The van der Waals surface area contributed by atoms with Gasteiger partial charge in [-0.05, 0) is 5.56 Å². The maximum absolute atomic E-state index is 14.1. The molecule has 9 heteroatoms. The summed E-state index contributed by atoms with van der Waals surface area (Å²) >= 11 is 0. The second-order valence-electron chi connectivity index (χ2n) is 6.19. The normalized spacial score (nSPS) is 16.3. The molecular weight excluding hydrogens is 371 g/mol. The van der Waals surface area contributed by atoms with Crippen LogP contribution in [0.5, 0.6) is 5.75 Å². The molecule has 144 valence electrons. The number of likely N-dealkylation sites (tertiary alicyclic amines) is 1. The molecule has 0 spiro atoms. The first-order valence-corrected chi connectivity index (χ1v) is 8.07. The molecule has 3 rings (SSSR count). The standard InChI is InChI=1S/C18H15F5N2O2/c19-11-12(20)14(22)16(15(23)13(11)21)27-18(10-4-2-1-3-5-10)6-8-25(9-7-18)17(24)26/h1-5H,6-9H2,(H2,24,26). The predicted molar refractivity (Wildman–Crippen MR) is 85.4 cm³/mol. The molecule has 0 radical (unpaired) electrons. The minimum atomic E-state index is -2.25. The van der Waals surface area contributed by atoms with E-state index in [2.05, 4.69) is 0 Å². The number of carbonyl (C=O) groups excluding carboxylic acids is 1. The third-order valence-electron chi connectivity index (χ3n) is 4.65. The van der Waals surface area contributed by atoms with Crippen molar-refractivity contribution in [2.24, 2.45) is 5.73 Å². The average molecular weight is 386 g/mol. The van der Waals surface area contributed by atoms with E-state index < -0.39 is 46.5 Å². The number of rotatable bonds is 3. The van der Waals surface area contributed by atoms with E-state index in [1.54, 1.807) is 30.3 Å². The number of halogens is 5. The van der Waals surface area contributed by atoms with Crippen LogP contribution in [0, 0.1) is 29.1 Å². The average Bonchev–Trinajstić information content (AvgIpc) is 2.69. The van der Waals surface area contributed by atoms with Gasteiger partial charge in [0.1, 0.15) is 5.60 Å². The fourth-order valence-corrected chi connectivity index (χ4v) is 3.15. The van der Waals surface area contributed by atoms with Crippen LogP contribution in [0.4, 0.5) is 26.7 Å². The molecule has 0 unspecified atom stereocenters. The maximum atomic E-state index is 14.1. The number of nitrogens with zero attached hydrogens (tertiary/aromatic N) is 1. The van der Waals surface area contributed by atoms with Crippen LogP contribution >= 0.6 is 0 Å². The maximum Gasteiger partial charge on any atom is 0.314 e. The number of primary amides is 1. The highest BCUT2D eigenvalue weighted by Crippen LogP contribution is 2.41. The Bertz CT molecular complexity index is 839. The Hall–Kier alpha value is -2.84. The Labute approximate surface area is 151 Å². The molecule has 1 aliphatic rings. The number of amides is 2. The van der Waals surface area contributed by atoms with Crippen molar-refractivity contribution in [2.45, 2.75) is 18.4 Å². The predicted octanol–water partition coefficient (Wildman–Crippen LogP) is 3.83. The fourth-order valence-electron chi connectivity index (χ4n) is 3.15. The van der Waals surface area contributed by atoms with E-state index in [-0.39, 0.29) is 25.9 Å². The molecule has 0 aliphatic carbocycles. The SMILES string of the molecule is NC(=O)N1CCC(Oc2c(F)c(F)c(F)c(F)c2F)(c2ccccc2)CC1. The molecule has 2 aromatic rings. The van der Waals surface area contributed by atoms with E-state index in [0.717, 1.165) is 0 Å². The molecule has 1 fully saturated rings. The van der Waals surface area contributed by atoms with Crippen molar-refractivity contribution in [2.75, 3.05) is 13.1 Å². The van der Waals surface area contributed by atoms with Gasteiger partial charge in [0.15, 0.2) is 5.75 Å². The van der Waals surface area contributed by atoms with Crippen LogP contribution < -0.4 is 10.5 Å². The van der Waals surface area contributed by atoms with Gasteiger partial charge in [-0.1, -0.05) is 30.3 Å². The summed E-state index contributed by atoms with van der Waals surface area (Å²) in [6.07, 6.45) is 0.110. The molecule has 1 saturated heterocycles. The zero-order valence-corrected chi connectivity index (χ0v) is 13.9. The molecule has 27 heavy (non-hydrogen) atoms. The summed E-state index contributed by atoms with van der Waals surface area (Å²) in [4.78, 5) is 12.7. The Balaban J connectivity index is 2.06. The van der Waals surface area contributed by atoms with Crippen LogP contribution in [0.15, 0.2) is 30.3 Å². The second kappa shape index (κ2) is 7.05. The van der Waals surface area contributed by atoms with Crippen LogP contribution in [-0.4, -0.2) is 24.0 Å². The Kier molecular flexibility index (Phi) is 4.95. The molecular formula is C18H15F5N2O2. The van der Waals surface area contributed by atoms with E-state index >= 15 is 0 Å². The van der Waals surface area contributed by atoms with Crippen LogP contribution in [0.25, 0.3) is 0 Å². The molecule has 0 atom stereocenters. The third-order valence-corrected chi connectivity index (χ3v) is 4.65. The minimum absolute atomic E-state index is 0.0550. The van der Waals surface area contributed by atoms with Gasteiger partial charge in [0.2, 0.25) is 29.1 Å². The van der Waals surface area contributed by atoms with E-state index in [0.29, 0.717) is 5.56 Å². The third kappa shape index (κ3) is 3.29. The Morgan fingerprint density at radius 2 is 1.37 bits per heavy atom. The molecule has 2 N–H and O–H groups in total. The lowest BCUT2D eigenvalue weighted by atomic mass is 9.84. The largest absolute Gasteiger partial charge is 0.476 e. The lowest BCUT2D eigenvalue weighted by molar-refractivity contribution is 0.000304. The summed E-state index contributed by atoms with van der Waals surface area (Å²) in [5.41, 5.74) is 4.34. The number of urea groups is 1. The summed E-state index contributed by atoms with van der Waals surface area (Å²) in [7, 11) is 0. The van der Waals surface area contributed by atoms with Gasteiger partial charge in [-0.25, -0.2) is 18.0 Å². The number of benzene rings is 2. The molecule has 0 aromatic heterocycles. The molecule has 0 saturated carbocycles. The first-order valence-electron chi connectivity index (χ1n) is 8.07. The van der Waals surface area contributed by atoms with Crippen molar-refractivity contribution in [3.05, 3.63) is 65.0 Å². The summed E-state index contributed by atoms with van der Waals surface area (Å²) in [5.74, 6) is -11.8. The van der Waals surface area contributed by atoms with Gasteiger partial charge in [0.25, 0.3) is 0 Å². The monoisotopic (exact) mass is 386 g/mol. The smallest absolute Gasteiger partial charge is 0.314 e. The minimum Gasteiger partial charge on any atom is -0.476 e. The number of nitrogens with two attached hydrogens (primary N) is 1. The van der Waals surface area contributed by atoms with Gasteiger partial charge in [-0.3, -0.25) is 0 Å². The molecule has 1 heterocycles. The quantitative estimate of drug-likeness (QED) is 0.495. The number of hydrogen-bond donors (Lipinski definition) is 1. The number of ether oxygens (including phenoxy) is 1. The van der Waals surface area contributed by atoms with Crippen molar-refractivity contribution in [3.63, 3.8) is 0 Å². The fraction of sp³-hybridized carbons (Fsp3) is 0.278. The van der Waals surface area contributed by atoms with Gasteiger partial charge < -0.3 is 15.4 Å². The van der Waals surface area contributed by atoms with Crippen molar-refractivity contribution in [3.8, 4) is 5.75 Å².